The molecule has 1 fully saturated rings. The van der Waals surface area contributed by atoms with E-state index in [0.29, 0.717) is 12.2 Å². The van der Waals surface area contributed by atoms with Gasteiger partial charge < -0.3 is 15.0 Å². The summed E-state index contributed by atoms with van der Waals surface area (Å²) in [6.07, 6.45) is 0.925. The standard InChI is InChI=1S/C12H15F3N2O/c13-10-8-9(18-12(14)15)2-3-11(10)17-6-1-4-16-5-7-17/h2-3,8,12,16H,1,4-7H2. The van der Waals surface area contributed by atoms with Crippen LogP contribution < -0.4 is 15.0 Å². The Balaban J connectivity index is 2.12. The number of nitrogens with zero attached hydrogens (tertiary/aromatic N) is 1. The summed E-state index contributed by atoms with van der Waals surface area (Å²) < 4.78 is 42.0. The molecule has 1 aliphatic rings. The third kappa shape index (κ3) is 3.29. The van der Waals surface area contributed by atoms with Gasteiger partial charge in [-0.3, -0.25) is 0 Å². The second-order valence-electron chi connectivity index (χ2n) is 4.08. The number of ether oxygens (including phenoxy) is 1. The van der Waals surface area contributed by atoms with Crippen molar-refractivity contribution >= 4 is 5.69 Å². The van der Waals surface area contributed by atoms with Gasteiger partial charge in [0.25, 0.3) is 0 Å². The molecule has 0 unspecified atom stereocenters. The van der Waals surface area contributed by atoms with Crippen molar-refractivity contribution in [1.29, 1.82) is 0 Å². The molecule has 0 saturated carbocycles. The van der Waals surface area contributed by atoms with Crippen molar-refractivity contribution in [3.8, 4) is 5.75 Å². The van der Waals surface area contributed by atoms with Crippen molar-refractivity contribution in [2.75, 3.05) is 31.1 Å². The van der Waals surface area contributed by atoms with Crippen LogP contribution in [-0.2, 0) is 0 Å². The van der Waals surface area contributed by atoms with Crippen molar-refractivity contribution in [3.63, 3.8) is 0 Å². The highest BCUT2D eigenvalue weighted by molar-refractivity contribution is 5.50. The summed E-state index contributed by atoms with van der Waals surface area (Å²) >= 11 is 0. The van der Waals surface area contributed by atoms with Gasteiger partial charge in [0.2, 0.25) is 0 Å². The average Bonchev–Trinajstić information content (AvgIpc) is 2.57. The van der Waals surface area contributed by atoms with Crippen LogP contribution in [0, 0.1) is 5.82 Å². The zero-order chi connectivity index (χ0) is 13.0. The summed E-state index contributed by atoms with van der Waals surface area (Å²) in [5.41, 5.74) is 0.431. The van der Waals surface area contributed by atoms with Crippen LogP contribution in [0.2, 0.25) is 0 Å². The largest absolute Gasteiger partial charge is 0.435 e. The number of benzene rings is 1. The van der Waals surface area contributed by atoms with Crippen LogP contribution >= 0.6 is 0 Å². The predicted octanol–water partition coefficient (Wildman–Crippen LogP) is 2.23. The van der Waals surface area contributed by atoms with Crippen molar-refractivity contribution in [1.82, 2.24) is 5.32 Å². The van der Waals surface area contributed by atoms with E-state index in [9.17, 15) is 13.2 Å². The van der Waals surface area contributed by atoms with E-state index in [0.717, 1.165) is 32.1 Å². The fourth-order valence-electron chi connectivity index (χ4n) is 2.01. The van der Waals surface area contributed by atoms with Gasteiger partial charge in [-0.2, -0.15) is 8.78 Å². The molecule has 1 aromatic rings. The van der Waals surface area contributed by atoms with E-state index >= 15 is 0 Å². The van der Waals surface area contributed by atoms with E-state index in [1.165, 1.54) is 12.1 Å². The van der Waals surface area contributed by atoms with Crippen LogP contribution in [0.5, 0.6) is 5.75 Å². The molecular formula is C12H15F3N2O. The minimum absolute atomic E-state index is 0.154. The maximum Gasteiger partial charge on any atom is 0.387 e. The molecule has 1 saturated heterocycles. The normalized spacial score (nSPS) is 16.8. The van der Waals surface area contributed by atoms with Crippen molar-refractivity contribution in [3.05, 3.63) is 24.0 Å². The summed E-state index contributed by atoms with van der Waals surface area (Å²) in [6, 6.07) is 3.85. The Morgan fingerprint density at radius 1 is 1.22 bits per heavy atom. The SMILES string of the molecule is Fc1cc(OC(F)F)ccc1N1CCCNCC1. The van der Waals surface area contributed by atoms with Gasteiger partial charge in [0.05, 0.1) is 5.69 Å². The zero-order valence-electron chi connectivity index (χ0n) is 9.83. The number of alkyl halides is 2. The van der Waals surface area contributed by atoms with Gasteiger partial charge in [0, 0.05) is 25.7 Å². The Bertz CT molecular complexity index is 393. The maximum absolute atomic E-state index is 13.8. The Hall–Kier alpha value is -1.43. The fraction of sp³-hybridized carbons (Fsp3) is 0.500. The third-order valence-corrected chi connectivity index (χ3v) is 2.83. The summed E-state index contributed by atoms with van der Waals surface area (Å²) in [7, 11) is 0. The highest BCUT2D eigenvalue weighted by Crippen LogP contribution is 2.25. The lowest BCUT2D eigenvalue weighted by Gasteiger charge is -2.23. The zero-order valence-corrected chi connectivity index (χ0v) is 9.83. The Morgan fingerprint density at radius 3 is 2.78 bits per heavy atom. The number of anilines is 1. The molecule has 0 spiro atoms. The van der Waals surface area contributed by atoms with E-state index in [2.05, 4.69) is 10.1 Å². The minimum atomic E-state index is -2.93. The second-order valence-corrected chi connectivity index (χ2v) is 4.08. The topological polar surface area (TPSA) is 24.5 Å². The number of nitrogens with one attached hydrogen (secondary N) is 1. The molecule has 0 atom stereocenters. The van der Waals surface area contributed by atoms with Crippen molar-refractivity contribution in [2.45, 2.75) is 13.0 Å². The van der Waals surface area contributed by atoms with Crippen LogP contribution in [0.15, 0.2) is 18.2 Å². The first-order chi connectivity index (χ1) is 8.66. The lowest BCUT2D eigenvalue weighted by molar-refractivity contribution is -0.0499. The monoisotopic (exact) mass is 260 g/mol. The van der Waals surface area contributed by atoms with E-state index in [1.807, 2.05) is 4.90 Å². The molecule has 1 heterocycles. The van der Waals surface area contributed by atoms with Gasteiger partial charge in [-0.05, 0) is 25.1 Å². The van der Waals surface area contributed by atoms with E-state index in [-0.39, 0.29) is 5.75 Å². The van der Waals surface area contributed by atoms with Gasteiger partial charge in [0.15, 0.2) is 0 Å². The van der Waals surface area contributed by atoms with Gasteiger partial charge >= 0.3 is 6.61 Å². The lowest BCUT2D eigenvalue weighted by atomic mass is 10.2. The second kappa shape index (κ2) is 5.95. The van der Waals surface area contributed by atoms with Gasteiger partial charge in [0.1, 0.15) is 11.6 Å². The predicted molar refractivity (Wildman–Crippen MR) is 62.7 cm³/mol. The number of rotatable bonds is 3. The molecule has 0 aliphatic carbocycles. The van der Waals surface area contributed by atoms with Crippen LogP contribution in [0.3, 0.4) is 0 Å². The quantitative estimate of drug-likeness (QED) is 0.902. The summed E-state index contributed by atoms with van der Waals surface area (Å²) in [6.45, 7) is 0.210. The molecule has 1 aliphatic heterocycles. The van der Waals surface area contributed by atoms with Gasteiger partial charge in [-0.15, -0.1) is 0 Å². The molecule has 100 valence electrons. The average molecular weight is 260 g/mol. The highest BCUT2D eigenvalue weighted by Gasteiger charge is 2.15. The first kappa shape index (κ1) is 13.0. The van der Waals surface area contributed by atoms with Gasteiger partial charge in [-0.1, -0.05) is 0 Å². The minimum Gasteiger partial charge on any atom is -0.435 e. The molecule has 1 N–H and O–H groups in total. The molecular weight excluding hydrogens is 245 g/mol. The van der Waals surface area contributed by atoms with Crippen LogP contribution in [-0.4, -0.2) is 32.8 Å². The van der Waals surface area contributed by atoms with E-state index < -0.39 is 12.4 Å². The first-order valence-corrected chi connectivity index (χ1v) is 5.87. The molecule has 0 bridgehead atoms. The Kier molecular flexibility index (Phi) is 4.30. The molecule has 0 aromatic heterocycles. The highest BCUT2D eigenvalue weighted by atomic mass is 19.3. The van der Waals surface area contributed by atoms with Gasteiger partial charge in [-0.25, -0.2) is 4.39 Å². The maximum atomic E-state index is 13.8. The smallest absolute Gasteiger partial charge is 0.387 e. The molecule has 2 rings (SSSR count). The molecule has 6 heteroatoms. The molecule has 0 amide bonds. The van der Waals surface area contributed by atoms with Crippen LogP contribution in [0.4, 0.5) is 18.9 Å². The Labute approximate surface area is 104 Å². The van der Waals surface area contributed by atoms with E-state index in [4.69, 9.17) is 0 Å². The molecule has 1 aromatic carbocycles. The summed E-state index contributed by atoms with van der Waals surface area (Å²) in [5, 5.41) is 3.22. The molecule has 18 heavy (non-hydrogen) atoms. The Morgan fingerprint density at radius 2 is 2.06 bits per heavy atom. The van der Waals surface area contributed by atoms with Crippen LogP contribution in [0.25, 0.3) is 0 Å². The summed E-state index contributed by atoms with van der Waals surface area (Å²) in [4.78, 5) is 1.90. The van der Waals surface area contributed by atoms with Crippen molar-refractivity contribution < 1.29 is 17.9 Å². The molecule has 0 radical (unpaired) electrons. The lowest BCUT2D eigenvalue weighted by Crippen LogP contribution is -2.28. The van der Waals surface area contributed by atoms with E-state index in [1.54, 1.807) is 0 Å². The van der Waals surface area contributed by atoms with Crippen molar-refractivity contribution in [2.24, 2.45) is 0 Å². The first-order valence-electron chi connectivity index (χ1n) is 5.87. The number of hydrogen-bond acceptors (Lipinski definition) is 3. The number of hydrogen-bond donors (Lipinski definition) is 1. The third-order valence-electron chi connectivity index (χ3n) is 2.83. The van der Waals surface area contributed by atoms with Crippen LogP contribution in [0.1, 0.15) is 6.42 Å². The fourth-order valence-corrected chi connectivity index (χ4v) is 2.01. The summed E-state index contributed by atoms with van der Waals surface area (Å²) in [5.74, 6) is -0.686. The molecule has 3 nitrogen and oxygen atoms in total. The number of halogens is 3.